The molecule has 0 unspecified atom stereocenters. The van der Waals surface area contributed by atoms with Crippen LogP contribution in [-0.2, 0) is 0 Å². The lowest BCUT2D eigenvalue weighted by Gasteiger charge is -2.13. The molecule has 0 atom stereocenters. The molecule has 3 rings (SSSR count). The minimum Gasteiger partial charge on any atom is -0.497 e. The van der Waals surface area contributed by atoms with Crippen molar-refractivity contribution in [3.63, 3.8) is 0 Å². The maximum atomic E-state index is 12.8. The first-order valence-electron chi connectivity index (χ1n) is 7.25. The van der Waals surface area contributed by atoms with Gasteiger partial charge in [0.2, 0.25) is 0 Å². The van der Waals surface area contributed by atoms with Crippen LogP contribution in [0.4, 0.5) is 0 Å². The van der Waals surface area contributed by atoms with Crippen LogP contribution in [0.2, 0.25) is 0 Å². The number of nitriles is 1. The lowest BCUT2D eigenvalue weighted by atomic mass is 9.98. The van der Waals surface area contributed by atoms with Gasteiger partial charge in [-0.05, 0) is 18.1 Å². The fraction of sp³-hybridized carbons (Fsp3) is 0.235. The summed E-state index contributed by atoms with van der Waals surface area (Å²) in [6, 6.07) is 9.51. The molecule has 3 aromatic rings. The fourth-order valence-electron chi connectivity index (χ4n) is 2.65. The van der Waals surface area contributed by atoms with Crippen LogP contribution in [0.3, 0.4) is 0 Å². The average Bonchev–Trinajstić information content (AvgIpc) is 2.97. The van der Waals surface area contributed by atoms with Crippen LogP contribution in [0, 0.1) is 11.3 Å². The van der Waals surface area contributed by atoms with Crippen molar-refractivity contribution >= 4 is 5.65 Å². The third kappa shape index (κ3) is 2.36. The van der Waals surface area contributed by atoms with Crippen molar-refractivity contribution in [1.29, 1.82) is 5.26 Å². The second-order valence-electron chi connectivity index (χ2n) is 5.54. The number of aromatic amines is 1. The number of aromatic nitrogens is 3. The molecule has 0 bridgehead atoms. The van der Waals surface area contributed by atoms with Crippen LogP contribution >= 0.6 is 0 Å². The number of fused-ring (bicyclic) bond motifs is 1. The Morgan fingerprint density at radius 2 is 2.17 bits per heavy atom. The number of nitrogens with one attached hydrogen (secondary N) is 1. The third-order valence-electron chi connectivity index (χ3n) is 3.76. The van der Waals surface area contributed by atoms with E-state index in [0.717, 1.165) is 5.56 Å². The zero-order chi connectivity index (χ0) is 16.6. The topological polar surface area (TPSA) is 83.2 Å². The first kappa shape index (κ1) is 14.9. The van der Waals surface area contributed by atoms with Gasteiger partial charge in [0.25, 0.3) is 5.56 Å². The zero-order valence-electron chi connectivity index (χ0n) is 13.1. The van der Waals surface area contributed by atoms with Gasteiger partial charge >= 0.3 is 0 Å². The van der Waals surface area contributed by atoms with E-state index in [0.29, 0.717) is 28.2 Å². The summed E-state index contributed by atoms with van der Waals surface area (Å²) in [7, 11) is 1.60. The van der Waals surface area contributed by atoms with Crippen LogP contribution in [0.5, 0.6) is 5.75 Å². The SMILES string of the molecule is COc1cccc(-c2[nH]c3c(C#N)cnn3c(=O)c2C(C)C)c1. The number of H-pyrrole nitrogens is 1. The highest BCUT2D eigenvalue weighted by molar-refractivity contribution is 5.69. The van der Waals surface area contributed by atoms with Crippen molar-refractivity contribution in [3.05, 3.63) is 51.9 Å². The second-order valence-corrected chi connectivity index (χ2v) is 5.54. The number of hydrogen-bond acceptors (Lipinski definition) is 4. The highest BCUT2D eigenvalue weighted by Crippen LogP contribution is 2.28. The Morgan fingerprint density at radius 1 is 1.39 bits per heavy atom. The molecule has 6 heteroatoms. The Morgan fingerprint density at radius 3 is 2.83 bits per heavy atom. The lowest BCUT2D eigenvalue weighted by molar-refractivity contribution is 0.415. The van der Waals surface area contributed by atoms with Gasteiger partial charge in [0.1, 0.15) is 17.4 Å². The van der Waals surface area contributed by atoms with Gasteiger partial charge in [-0.15, -0.1) is 0 Å². The largest absolute Gasteiger partial charge is 0.497 e. The summed E-state index contributed by atoms with van der Waals surface area (Å²) in [5.41, 5.74) is 2.67. The fourth-order valence-corrected chi connectivity index (χ4v) is 2.65. The van der Waals surface area contributed by atoms with E-state index in [1.54, 1.807) is 7.11 Å². The normalized spacial score (nSPS) is 10.9. The quantitative estimate of drug-likeness (QED) is 0.806. The molecule has 0 spiro atoms. The number of ether oxygens (including phenoxy) is 1. The minimum atomic E-state index is -0.215. The van der Waals surface area contributed by atoms with Gasteiger partial charge in [0.05, 0.1) is 19.0 Å². The van der Waals surface area contributed by atoms with Crippen molar-refractivity contribution in [2.75, 3.05) is 7.11 Å². The molecular formula is C17H16N4O2. The maximum Gasteiger partial charge on any atom is 0.278 e. The molecular weight excluding hydrogens is 292 g/mol. The Kier molecular flexibility index (Phi) is 3.62. The summed E-state index contributed by atoms with van der Waals surface area (Å²) in [6.07, 6.45) is 1.40. The van der Waals surface area contributed by atoms with E-state index in [9.17, 15) is 10.1 Å². The summed E-state index contributed by atoms with van der Waals surface area (Å²) in [5.74, 6) is 0.700. The summed E-state index contributed by atoms with van der Waals surface area (Å²) < 4.78 is 6.51. The molecule has 1 aromatic carbocycles. The lowest BCUT2D eigenvalue weighted by Crippen LogP contribution is -2.22. The third-order valence-corrected chi connectivity index (χ3v) is 3.76. The van der Waals surface area contributed by atoms with Crippen molar-refractivity contribution in [2.45, 2.75) is 19.8 Å². The second kappa shape index (κ2) is 5.61. The Hall–Kier alpha value is -3.07. The Bertz CT molecular complexity index is 976. The summed E-state index contributed by atoms with van der Waals surface area (Å²) in [6.45, 7) is 3.91. The molecule has 1 N–H and O–H groups in total. The van der Waals surface area contributed by atoms with Crippen molar-refractivity contribution in [2.24, 2.45) is 0 Å². The highest BCUT2D eigenvalue weighted by Gasteiger charge is 2.19. The molecule has 0 saturated heterocycles. The number of hydrogen-bond donors (Lipinski definition) is 1. The van der Waals surface area contributed by atoms with Gasteiger partial charge < -0.3 is 9.72 Å². The van der Waals surface area contributed by atoms with Crippen LogP contribution in [0.15, 0.2) is 35.3 Å². The molecule has 0 saturated carbocycles. The molecule has 0 amide bonds. The molecule has 6 nitrogen and oxygen atoms in total. The zero-order valence-corrected chi connectivity index (χ0v) is 13.1. The van der Waals surface area contributed by atoms with E-state index < -0.39 is 0 Å². The van der Waals surface area contributed by atoms with Gasteiger partial charge in [0, 0.05) is 11.1 Å². The molecule has 116 valence electrons. The number of nitrogens with zero attached hydrogens (tertiary/aromatic N) is 3. The van der Waals surface area contributed by atoms with E-state index in [-0.39, 0.29) is 11.5 Å². The van der Waals surface area contributed by atoms with E-state index in [1.807, 2.05) is 44.2 Å². The van der Waals surface area contributed by atoms with E-state index >= 15 is 0 Å². The van der Waals surface area contributed by atoms with E-state index in [4.69, 9.17) is 4.74 Å². The predicted molar refractivity (Wildman–Crippen MR) is 86.6 cm³/mol. The molecule has 0 fully saturated rings. The van der Waals surface area contributed by atoms with Gasteiger partial charge in [-0.25, -0.2) is 0 Å². The Balaban J connectivity index is 2.40. The minimum absolute atomic E-state index is 0.000846. The van der Waals surface area contributed by atoms with Gasteiger partial charge in [-0.1, -0.05) is 26.0 Å². The van der Waals surface area contributed by atoms with Gasteiger partial charge in [-0.3, -0.25) is 4.79 Å². The summed E-state index contributed by atoms with van der Waals surface area (Å²) in [5, 5.41) is 13.2. The Labute approximate surface area is 133 Å². The first-order valence-corrected chi connectivity index (χ1v) is 7.25. The maximum absolute atomic E-state index is 12.8. The van der Waals surface area contributed by atoms with Crippen molar-refractivity contribution in [3.8, 4) is 23.1 Å². The molecule has 0 radical (unpaired) electrons. The first-order chi connectivity index (χ1) is 11.1. The molecule has 2 heterocycles. The van der Waals surface area contributed by atoms with Crippen LogP contribution in [0.25, 0.3) is 16.9 Å². The average molecular weight is 308 g/mol. The molecule has 23 heavy (non-hydrogen) atoms. The van der Waals surface area contributed by atoms with Crippen molar-refractivity contribution < 1.29 is 4.74 Å². The molecule has 0 aliphatic carbocycles. The number of methoxy groups -OCH3 is 1. The summed E-state index contributed by atoms with van der Waals surface area (Å²) >= 11 is 0. The van der Waals surface area contributed by atoms with Gasteiger partial charge in [0.15, 0.2) is 5.65 Å². The van der Waals surface area contributed by atoms with E-state index in [2.05, 4.69) is 10.1 Å². The number of benzene rings is 1. The molecule has 0 aliphatic heterocycles. The van der Waals surface area contributed by atoms with Crippen LogP contribution in [0.1, 0.15) is 30.9 Å². The molecule has 2 aromatic heterocycles. The van der Waals surface area contributed by atoms with Crippen molar-refractivity contribution in [1.82, 2.24) is 14.6 Å². The van der Waals surface area contributed by atoms with Crippen LogP contribution < -0.4 is 10.3 Å². The summed E-state index contributed by atoms with van der Waals surface area (Å²) in [4.78, 5) is 16.0. The van der Waals surface area contributed by atoms with Gasteiger partial charge in [-0.2, -0.15) is 14.9 Å². The van der Waals surface area contributed by atoms with E-state index in [1.165, 1.54) is 10.7 Å². The predicted octanol–water partition coefficient (Wildman–Crippen LogP) is 2.69. The smallest absolute Gasteiger partial charge is 0.278 e. The number of rotatable bonds is 3. The monoisotopic (exact) mass is 308 g/mol. The molecule has 0 aliphatic rings. The standard InChI is InChI=1S/C17H16N4O2/c1-10(2)14-15(11-5-4-6-13(7-11)23-3)20-16-12(8-18)9-19-21(16)17(14)22/h4-7,9-10,20H,1-3H3. The van der Waals surface area contributed by atoms with Crippen LogP contribution in [-0.4, -0.2) is 21.7 Å². The highest BCUT2D eigenvalue weighted by atomic mass is 16.5.